The standard InChI is InChI=1S/C24H23ClN4OS.C21H16ClN3OS.C21H18ClN3OS.C20H15ClN6S.C20H16ClN3OS/c1-29-11-9-15(10-12-29)26-24(30)17-6-4-5-16-18-13-31-14-19(18)23(28-22(16)17)27-21-8-3-2-7-20(21)25;22-17-6-1-2-7-18(17)24-20-16-11-27-10-15(16)13-4-3-5-14(19(13)25-20)21(26)23-12-8-9-12;1-12(2)23-21(26)14-7-5-6-13-15-10-27-11-16(15)20(25-19(13)14)24-18-9-4-3-8-17(18)22;21-16-6-11(7-22)4-5-17(16)25-20-15-9-28-8-14(15)12-2-1-3-13(18(12)26-20)19-23-10-24-27-19;1-2-22-20(25)13-7-5-6-12-14-10-26-11-15(14)19(24-18(12)13)23-17-9-4-3-8-16(17)21/h2-8,13-15H,9-12H2,1H3,(H,26,30)(H,27,28);1-7,10-12H,8-9H2,(H,23,26)(H,24,25);3-12H,1-2H3,(H,23,26)(H,24,25);1-6,8-10H,7,22H2,(H,25,26)(H,23,24,27);3-11H,2H2,1H3,(H,22,25)(H,23,24). The minimum atomic E-state index is -0.124. The van der Waals surface area contributed by atoms with E-state index in [2.05, 4.69) is 135 Å². The third kappa shape index (κ3) is 20.7. The normalized spacial score (nSPS) is 12.7. The summed E-state index contributed by atoms with van der Waals surface area (Å²) in [7, 11) is 2.12. The number of aromatic amines is 1. The summed E-state index contributed by atoms with van der Waals surface area (Å²) in [6.45, 7) is 8.80. The highest BCUT2D eigenvalue weighted by Gasteiger charge is 2.28. The number of amides is 4. The van der Waals surface area contributed by atoms with Crippen LogP contribution in [0.3, 0.4) is 0 Å². The van der Waals surface area contributed by atoms with Crippen LogP contribution in [-0.4, -0.2) is 113 Å². The molecular formula is C106H88Cl5N19O4S5. The minimum absolute atomic E-state index is 0.0540. The van der Waals surface area contributed by atoms with Gasteiger partial charge in [-0.25, -0.2) is 29.9 Å². The van der Waals surface area contributed by atoms with Crippen molar-refractivity contribution in [2.45, 2.75) is 71.1 Å². The first-order valence-corrected chi connectivity index (χ1v) is 51.4. The molecule has 0 unspecified atom stereocenters. The van der Waals surface area contributed by atoms with Crippen molar-refractivity contribution in [3.63, 3.8) is 0 Å². The van der Waals surface area contributed by atoms with E-state index in [0.717, 1.165) is 170 Å². The van der Waals surface area contributed by atoms with Gasteiger partial charge in [0, 0.05) is 144 Å². The van der Waals surface area contributed by atoms with E-state index in [1.807, 2.05) is 215 Å². The first kappa shape index (κ1) is 94.4. The Kier molecular flexibility index (Phi) is 28.8. The number of anilines is 10. The van der Waals surface area contributed by atoms with Gasteiger partial charge in [-0.05, 0) is 190 Å². The molecule has 1 saturated carbocycles. The number of hydrogen-bond donors (Lipinski definition) is 11. The van der Waals surface area contributed by atoms with Gasteiger partial charge in [-0.2, -0.15) is 61.8 Å². The van der Waals surface area contributed by atoms with Gasteiger partial charge in [0.2, 0.25) is 0 Å². The van der Waals surface area contributed by atoms with Crippen molar-refractivity contribution >= 4 is 304 Å². The van der Waals surface area contributed by atoms with Crippen molar-refractivity contribution in [1.82, 2.24) is 66.3 Å². The number of pyridine rings is 5. The number of carbonyl (C=O) groups is 4. The number of carbonyl (C=O) groups excluding carboxylic acids is 4. The summed E-state index contributed by atoms with van der Waals surface area (Å²) < 4.78 is 0. The number of para-hydroxylation sites is 9. The van der Waals surface area contributed by atoms with Gasteiger partial charge in [0.05, 0.1) is 103 Å². The van der Waals surface area contributed by atoms with Crippen LogP contribution >= 0.6 is 115 Å². The maximum Gasteiger partial charge on any atom is 0.253 e. The molecular weight excluding hydrogens is 1940 g/mol. The maximum atomic E-state index is 13.2. The quantitative estimate of drug-likeness (QED) is 0.0338. The van der Waals surface area contributed by atoms with Gasteiger partial charge in [-0.3, -0.25) is 24.3 Å². The molecule has 23 nitrogen and oxygen atoms in total. The third-order valence-electron chi connectivity index (χ3n) is 23.7. The van der Waals surface area contributed by atoms with Gasteiger partial charge in [0.25, 0.3) is 23.6 Å². The molecule has 1 saturated heterocycles. The summed E-state index contributed by atoms with van der Waals surface area (Å²) in [5.41, 5.74) is 17.5. The molecule has 12 heterocycles. The molecule has 21 aromatic rings. The van der Waals surface area contributed by atoms with Crippen molar-refractivity contribution in [3.8, 4) is 11.4 Å². The van der Waals surface area contributed by atoms with Crippen LogP contribution < -0.4 is 53.6 Å². The van der Waals surface area contributed by atoms with E-state index < -0.39 is 0 Å². The molecule has 12 N–H and O–H groups in total. The number of benzene rings is 10. The highest BCUT2D eigenvalue weighted by Crippen LogP contribution is 2.44. The van der Waals surface area contributed by atoms with Crippen molar-refractivity contribution in [1.29, 1.82) is 0 Å². The van der Waals surface area contributed by atoms with Crippen molar-refractivity contribution < 1.29 is 19.2 Å². The average Bonchev–Trinajstić information content (AvgIpc) is 1.71. The van der Waals surface area contributed by atoms with Gasteiger partial charge in [-0.1, -0.05) is 173 Å². The van der Waals surface area contributed by atoms with Crippen molar-refractivity contribution in [2.24, 2.45) is 5.73 Å². The van der Waals surface area contributed by atoms with Crippen LogP contribution in [0.2, 0.25) is 25.1 Å². The van der Waals surface area contributed by atoms with Gasteiger partial charge in [0.1, 0.15) is 35.4 Å². The Morgan fingerprint density at radius 2 is 0.705 bits per heavy atom. The second-order valence-electron chi connectivity index (χ2n) is 33.5. The largest absolute Gasteiger partial charge is 0.352 e. The van der Waals surface area contributed by atoms with Crippen LogP contribution in [0.1, 0.15) is 93.4 Å². The van der Waals surface area contributed by atoms with Crippen LogP contribution in [0.5, 0.6) is 0 Å². The number of halogens is 5. The molecule has 0 bridgehead atoms. The van der Waals surface area contributed by atoms with Crippen LogP contribution in [0.25, 0.3) is 120 Å². The second-order valence-corrected chi connectivity index (χ2v) is 39.2. The molecule has 11 aromatic heterocycles. The molecule has 23 rings (SSSR count). The number of nitrogens with one attached hydrogen (secondary N) is 10. The Morgan fingerprint density at radius 1 is 0.381 bits per heavy atom. The van der Waals surface area contributed by atoms with Crippen LogP contribution in [0.4, 0.5) is 57.5 Å². The Labute approximate surface area is 843 Å². The summed E-state index contributed by atoms with van der Waals surface area (Å²) in [6, 6.07) is 65.6. The van der Waals surface area contributed by atoms with Crippen molar-refractivity contribution in [3.05, 3.63) is 319 Å². The number of likely N-dealkylation sites (tertiary alicyclic amines) is 1. The number of thiophene rings is 5. The Balaban J connectivity index is 0.000000111. The molecule has 139 heavy (non-hydrogen) atoms. The number of piperidine rings is 1. The summed E-state index contributed by atoms with van der Waals surface area (Å²) >= 11 is 39.8. The fourth-order valence-corrected chi connectivity index (χ4v) is 21.8. The number of nitrogens with two attached hydrogens (primary N) is 1. The van der Waals surface area contributed by atoms with Crippen molar-refractivity contribution in [2.75, 3.05) is 53.3 Å². The fraction of sp³-hybridized carbons (Fsp3) is 0.142. The lowest BCUT2D eigenvalue weighted by molar-refractivity contribution is 0.0914. The molecule has 696 valence electrons. The Morgan fingerprint density at radius 3 is 1.04 bits per heavy atom. The van der Waals surface area contributed by atoms with Crippen LogP contribution in [0, 0.1) is 0 Å². The highest BCUT2D eigenvalue weighted by atomic mass is 35.5. The lowest BCUT2D eigenvalue weighted by Gasteiger charge is -2.29. The first-order chi connectivity index (χ1) is 67.8. The van der Waals surface area contributed by atoms with E-state index in [0.29, 0.717) is 118 Å². The third-order valence-corrected chi connectivity index (χ3v) is 29.1. The smallest absolute Gasteiger partial charge is 0.253 e. The van der Waals surface area contributed by atoms with Gasteiger partial charge < -0.3 is 58.5 Å². The highest BCUT2D eigenvalue weighted by molar-refractivity contribution is 7.11. The predicted octanol–water partition coefficient (Wildman–Crippen LogP) is 28.1. The van der Waals surface area contributed by atoms with E-state index in [-0.39, 0.29) is 35.7 Å². The summed E-state index contributed by atoms with van der Waals surface area (Å²) in [5.74, 6) is 3.86. The van der Waals surface area contributed by atoms with E-state index >= 15 is 0 Å². The van der Waals surface area contributed by atoms with Crippen LogP contribution in [-0.2, 0) is 6.54 Å². The topological polar surface area (TPSA) is 312 Å². The molecule has 0 atom stereocenters. The van der Waals surface area contributed by atoms with Crippen LogP contribution in [0.15, 0.2) is 266 Å². The lowest BCUT2D eigenvalue weighted by atomic mass is 10.0. The van der Waals surface area contributed by atoms with Gasteiger partial charge in [0.15, 0.2) is 5.82 Å². The van der Waals surface area contributed by atoms with Gasteiger partial charge in [-0.15, -0.1) is 0 Å². The maximum absolute atomic E-state index is 13.2. The lowest BCUT2D eigenvalue weighted by Crippen LogP contribution is -2.43. The molecule has 33 heteroatoms. The zero-order chi connectivity index (χ0) is 95.9. The molecule has 10 aromatic carbocycles. The first-order valence-electron chi connectivity index (χ1n) is 44.8. The molecule has 0 spiro atoms. The molecule has 1 aliphatic carbocycles. The number of aromatic nitrogens is 8. The molecule has 0 radical (unpaired) electrons. The second kappa shape index (κ2) is 42.4. The molecule has 2 fully saturated rings. The Hall–Kier alpha value is -13.6. The average molecular weight is 2030 g/mol. The van der Waals surface area contributed by atoms with E-state index in [9.17, 15) is 19.2 Å². The zero-order valence-electron chi connectivity index (χ0n) is 75.1. The predicted molar refractivity (Wildman–Crippen MR) is 582 cm³/mol. The zero-order valence-corrected chi connectivity index (χ0v) is 83.0. The Bertz CT molecular complexity index is 8050. The fourth-order valence-electron chi connectivity index (χ4n) is 16.6. The summed E-state index contributed by atoms with van der Waals surface area (Å²) in [5, 5.41) is 75.2. The summed E-state index contributed by atoms with van der Waals surface area (Å²) in [4.78, 5) is 81.9. The van der Waals surface area contributed by atoms with Gasteiger partial charge >= 0.3 is 0 Å². The number of nitrogens with zero attached hydrogens (tertiary/aromatic N) is 8. The summed E-state index contributed by atoms with van der Waals surface area (Å²) in [6.07, 6.45) is 5.54. The number of rotatable bonds is 20. The SMILES string of the molecule is CC(C)NC(=O)c1cccc2c1nc(Nc1ccccc1Cl)c1cscc12.CCNC(=O)c1cccc2c1nc(Nc1ccccc1Cl)c1cscc12.CN1CCC(NC(=O)c2cccc3c2nc(Nc2ccccc2Cl)c2cscc23)CC1.NCc1ccc(Nc2nc3c(-c4ncn[nH]4)cccc3c3cscc23)c(Cl)c1.O=C(NC1CC1)c1cccc2c1nc(Nc1ccccc1Cl)c1cscc12. The van der Waals surface area contributed by atoms with E-state index in [1.54, 1.807) is 62.8 Å². The number of hydrogen-bond acceptors (Lipinski definition) is 23. The minimum Gasteiger partial charge on any atom is -0.352 e. The molecule has 2 aliphatic rings. The van der Waals surface area contributed by atoms with E-state index in [1.165, 1.54) is 6.33 Å². The number of H-pyrrole nitrogens is 1. The molecule has 1 aliphatic heterocycles. The molecule has 4 amide bonds. The van der Waals surface area contributed by atoms with E-state index in [4.69, 9.17) is 88.7 Å². The monoisotopic (exact) mass is 2030 g/mol. The number of fused-ring (bicyclic) bond motifs is 15.